The van der Waals surface area contributed by atoms with Gasteiger partial charge in [-0.05, 0) is 44.4 Å². The van der Waals surface area contributed by atoms with Crippen LogP contribution in [0.1, 0.15) is 35.9 Å². The van der Waals surface area contributed by atoms with Crippen LogP contribution in [-0.4, -0.2) is 21.7 Å². The molecule has 1 N–H and O–H groups in total. The number of aromatic nitrogens is 3. The summed E-state index contributed by atoms with van der Waals surface area (Å²) in [6.07, 6.45) is 4.04. The van der Waals surface area contributed by atoms with E-state index < -0.39 is 0 Å². The van der Waals surface area contributed by atoms with Crippen LogP contribution in [0.3, 0.4) is 0 Å². The van der Waals surface area contributed by atoms with Crippen molar-refractivity contribution in [2.24, 2.45) is 0 Å². The Kier molecular flexibility index (Phi) is 2.83. The molecule has 3 rings (SSSR count). The summed E-state index contributed by atoms with van der Waals surface area (Å²) in [6, 6.07) is 2.28. The van der Waals surface area contributed by atoms with Gasteiger partial charge in [-0.15, -0.1) is 0 Å². The van der Waals surface area contributed by atoms with Gasteiger partial charge in [0.15, 0.2) is 0 Å². The van der Waals surface area contributed by atoms with Gasteiger partial charge in [0.05, 0.1) is 6.04 Å². The maximum absolute atomic E-state index is 5.32. The third-order valence-electron chi connectivity index (χ3n) is 3.23. The second-order valence-corrected chi connectivity index (χ2v) is 4.78. The van der Waals surface area contributed by atoms with Crippen LogP contribution in [0.4, 0.5) is 0 Å². The van der Waals surface area contributed by atoms with Gasteiger partial charge in [-0.25, -0.2) is 0 Å². The molecule has 0 aliphatic carbocycles. The van der Waals surface area contributed by atoms with Gasteiger partial charge in [-0.1, -0.05) is 11.2 Å². The fraction of sp³-hybridized carbons (Fsp3) is 0.462. The molecule has 3 heterocycles. The number of nitrogens with zero attached hydrogens (tertiary/aromatic N) is 3. The van der Waals surface area contributed by atoms with Gasteiger partial charge >= 0.3 is 0 Å². The van der Waals surface area contributed by atoms with Crippen molar-refractivity contribution in [2.45, 2.75) is 32.7 Å². The van der Waals surface area contributed by atoms with Gasteiger partial charge in [-0.2, -0.15) is 4.98 Å². The summed E-state index contributed by atoms with van der Waals surface area (Å²) in [5, 5.41) is 7.38. The second-order valence-electron chi connectivity index (χ2n) is 4.78. The number of nitrogens with one attached hydrogen (secondary N) is 1. The molecule has 0 unspecified atom stereocenters. The predicted molar refractivity (Wildman–Crippen MR) is 67.0 cm³/mol. The van der Waals surface area contributed by atoms with Crippen molar-refractivity contribution in [2.75, 3.05) is 6.54 Å². The summed E-state index contributed by atoms with van der Waals surface area (Å²) in [5.74, 6) is 1.25. The van der Waals surface area contributed by atoms with Crippen molar-refractivity contribution in [3.63, 3.8) is 0 Å². The summed E-state index contributed by atoms with van der Waals surface area (Å²) in [7, 11) is 0. The molecule has 2 aromatic rings. The highest BCUT2D eigenvalue weighted by Crippen LogP contribution is 2.24. The summed E-state index contributed by atoms with van der Waals surface area (Å²) in [4.78, 5) is 8.83. The molecule has 0 saturated carbocycles. The molecule has 0 amide bonds. The highest BCUT2D eigenvalue weighted by Gasteiger charge is 2.23. The summed E-state index contributed by atoms with van der Waals surface area (Å²) >= 11 is 0. The lowest BCUT2D eigenvalue weighted by molar-refractivity contribution is 0.345. The van der Waals surface area contributed by atoms with E-state index in [4.69, 9.17) is 4.52 Å². The van der Waals surface area contributed by atoms with Crippen molar-refractivity contribution in [3.05, 3.63) is 29.3 Å². The van der Waals surface area contributed by atoms with Gasteiger partial charge in [-0.3, -0.25) is 4.98 Å². The summed E-state index contributed by atoms with van der Waals surface area (Å²) in [6.45, 7) is 5.05. The average Bonchev–Trinajstić information content (AvgIpc) is 2.99. The van der Waals surface area contributed by atoms with E-state index >= 15 is 0 Å². The molecule has 18 heavy (non-hydrogen) atoms. The van der Waals surface area contributed by atoms with Crippen LogP contribution >= 0.6 is 0 Å². The minimum absolute atomic E-state index is 0.206. The average molecular weight is 244 g/mol. The van der Waals surface area contributed by atoms with E-state index in [9.17, 15) is 0 Å². The third-order valence-corrected chi connectivity index (χ3v) is 3.23. The molecule has 0 spiro atoms. The first kappa shape index (κ1) is 11.3. The molecule has 5 nitrogen and oxygen atoms in total. The summed E-state index contributed by atoms with van der Waals surface area (Å²) < 4.78 is 5.32. The first-order valence-corrected chi connectivity index (χ1v) is 6.24. The van der Waals surface area contributed by atoms with E-state index in [0.29, 0.717) is 11.7 Å². The zero-order valence-corrected chi connectivity index (χ0v) is 10.6. The topological polar surface area (TPSA) is 63.8 Å². The van der Waals surface area contributed by atoms with Crippen LogP contribution in [0, 0.1) is 13.8 Å². The van der Waals surface area contributed by atoms with Crippen LogP contribution in [0.25, 0.3) is 11.5 Å². The molecular weight excluding hydrogens is 228 g/mol. The lowest BCUT2D eigenvalue weighted by Crippen LogP contribution is -2.13. The first-order chi connectivity index (χ1) is 8.74. The Morgan fingerprint density at radius 1 is 1.39 bits per heavy atom. The molecule has 94 valence electrons. The van der Waals surface area contributed by atoms with Crippen LogP contribution < -0.4 is 5.32 Å². The molecule has 1 fully saturated rings. The highest BCUT2D eigenvalue weighted by molar-refractivity contribution is 5.54. The van der Waals surface area contributed by atoms with Crippen LogP contribution in [-0.2, 0) is 0 Å². The van der Waals surface area contributed by atoms with E-state index in [1.165, 1.54) is 0 Å². The largest absolute Gasteiger partial charge is 0.337 e. The van der Waals surface area contributed by atoms with Gasteiger partial charge in [0.2, 0.25) is 11.7 Å². The van der Waals surface area contributed by atoms with Gasteiger partial charge in [0, 0.05) is 6.20 Å². The molecule has 1 aliphatic rings. The van der Waals surface area contributed by atoms with Gasteiger partial charge < -0.3 is 9.84 Å². The lowest BCUT2D eigenvalue weighted by Gasteiger charge is -2.02. The molecule has 0 bridgehead atoms. The zero-order chi connectivity index (χ0) is 12.5. The zero-order valence-electron chi connectivity index (χ0n) is 10.6. The predicted octanol–water partition coefficient (Wildman–Crippen LogP) is 2.17. The second kappa shape index (κ2) is 4.49. The van der Waals surface area contributed by atoms with Crippen molar-refractivity contribution in [1.29, 1.82) is 0 Å². The number of hydrogen-bond acceptors (Lipinski definition) is 5. The standard InChI is InChI=1S/C13H16N4O/c1-8-6-9(2)11(15-7-8)12-16-13(18-17-12)10-4-3-5-14-10/h6-7,10,14H,3-5H2,1-2H3/t10-/m1/s1. The van der Waals surface area contributed by atoms with Gasteiger partial charge in [0.25, 0.3) is 0 Å². The van der Waals surface area contributed by atoms with Crippen molar-refractivity contribution < 1.29 is 4.52 Å². The Morgan fingerprint density at radius 3 is 3.00 bits per heavy atom. The number of aryl methyl sites for hydroxylation is 2. The number of hydrogen-bond donors (Lipinski definition) is 1. The van der Waals surface area contributed by atoms with E-state index in [2.05, 4.69) is 26.5 Å². The number of rotatable bonds is 2. The number of pyridine rings is 1. The normalized spacial score (nSPS) is 19.3. The van der Waals surface area contributed by atoms with Crippen molar-refractivity contribution in [1.82, 2.24) is 20.4 Å². The quantitative estimate of drug-likeness (QED) is 0.877. The van der Waals surface area contributed by atoms with Crippen LogP contribution in [0.2, 0.25) is 0 Å². The molecule has 0 radical (unpaired) electrons. The molecule has 1 aliphatic heterocycles. The molecule has 0 aromatic carbocycles. The Bertz CT molecular complexity index is 558. The fourth-order valence-corrected chi connectivity index (χ4v) is 2.32. The first-order valence-electron chi connectivity index (χ1n) is 6.24. The smallest absolute Gasteiger partial charge is 0.244 e. The molecule has 1 saturated heterocycles. The maximum Gasteiger partial charge on any atom is 0.244 e. The molecule has 2 aromatic heterocycles. The Balaban J connectivity index is 1.92. The van der Waals surface area contributed by atoms with Crippen molar-refractivity contribution >= 4 is 0 Å². The minimum Gasteiger partial charge on any atom is -0.337 e. The SMILES string of the molecule is Cc1cnc(-c2noc([C@H]3CCCN3)n2)c(C)c1. The fourth-order valence-electron chi connectivity index (χ4n) is 2.32. The monoisotopic (exact) mass is 244 g/mol. The van der Waals surface area contributed by atoms with Crippen LogP contribution in [0.15, 0.2) is 16.8 Å². The maximum atomic E-state index is 5.32. The van der Waals surface area contributed by atoms with Gasteiger partial charge in [0.1, 0.15) is 5.69 Å². The van der Waals surface area contributed by atoms with E-state index in [0.717, 1.165) is 36.2 Å². The molecule has 5 heteroatoms. The van der Waals surface area contributed by atoms with E-state index in [1.54, 1.807) is 0 Å². The Labute approximate surface area is 106 Å². The molecule has 1 atom stereocenters. The van der Waals surface area contributed by atoms with E-state index in [1.807, 2.05) is 20.0 Å². The Hall–Kier alpha value is -1.75. The van der Waals surface area contributed by atoms with Crippen molar-refractivity contribution in [3.8, 4) is 11.5 Å². The summed E-state index contributed by atoms with van der Waals surface area (Å²) in [5.41, 5.74) is 3.01. The highest BCUT2D eigenvalue weighted by atomic mass is 16.5. The Morgan fingerprint density at radius 2 is 2.28 bits per heavy atom. The third kappa shape index (κ3) is 2.01. The lowest BCUT2D eigenvalue weighted by atomic mass is 10.1. The minimum atomic E-state index is 0.206. The molecular formula is C13H16N4O. The van der Waals surface area contributed by atoms with E-state index in [-0.39, 0.29) is 6.04 Å². The van der Waals surface area contributed by atoms with Crippen LogP contribution in [0.5, 0.6) is 0 Å².